The van der Waals surface area contributed by atoms with E-state index in [0.29, 0.717) is 24.4 Å². The van der Waals surface area contributed by atoms with Gasteiger partial charge in [-0.15, -0.1) is 0 Å². The molecule has 0 aromatic heterocycles. The lowest BCUT2D eigenvalue weighted by molar-refractivity contribution is -0.123. The molecule has 0 aliphatic carbocycles. The van der Waals surface area contributed by atoms with Crippen molar-refractivity contribution in [2.75, 3.05) is 13.2 Å². The van der Waals surface area contributed by atoms with Gasteiger partial charge in [-0.1, -0.05) is 49.7 Å². The molecule has 25 heavy (non-hydrogen) atoms. The third-order valence-electron chi connectivity index (χ3n) is 3.61. The predicted octanol–water partition coefficient (Wildman–Crippen LogP) is 2.91. The van der Waals surface area contributed by atoms with E-state index in [1.165, 1.54) is 0 Å². The summed E-state index contributed by atoms with van der Waals surface area (Å²) in [4.78, 5) is 23.9. The zero-order valence-corrected chi connectivity index (χ0v) is 14.5. The number of amides is 2. The van der Waals surface area contributed by atoms with Crippen LogP contribution in [0.4, 0.5) is 0 Å². The molecule has 0 saturated heterocycles. The van der Waals surface area contributed by atoms with Crippen LogP contribution in [0.1, 0.15) is 35.7 Å². The molecule has 2 aromatic rings. The zero-order chi connectivity index (χ0) is 17.9. The van der Waals surface area contributed by atoms with Crippen LogP contribution in [-0.4, -0.2) is 25.0 Å². The molecule has 0 heterocycles. The van der Waals surface area contributed by atoms with Gasteiger partial charge in [0.1, 0.15) is 5.75 Å². The second kappa shape index (κ2) is 10.1. The minimum atomic E-state index is -0.179. The molecule has 2 aromatic carbocycles. The van der Waals surface area contributed by atoms with Crippen LogP contribution < -0.4 is 15.4 Å². The molecule has 0 bridgehead atoms. The number of ether oxygens (including phenoxy) is 1. The summed E-state index contributed by atoms with van der Waals surface area (Å²) in [6.45, 7) is 3.13. The van der Waals surface area contributed by atoms with Crippen molar-refractivity contribution in [3.05, 3.63) is 65.7 Å². The van der Waals surface area contributed by atoms with Gasteiger partial charge in [0.2, 0.25) is 0 Å². The Morgan fingerprint density at radius 1 is 1.00 bits per heavy atom. The van der Waals surface area contributed by atoms with E-state index in [4.69, 9.17) is 4.74 Å². The first-order valence-corrected chi connectivity index (χ1v) is 8.50. The molecule has 2 amide bonds. The van der Waals surface area contributed by atoms with Crippen molar-refractivity contribution in [1.82, 2.24) is 10.6 Å². The van der Waals surface area contributed by atoms with Crippen molar-refractivity contribution in [1.29, 1.82) is 0 Å². The summed E-state index contributed by atoms with van der Waals surface area (Å²) in [5, 5.41) is 5.65. The molecule has 0 atom stereocenters. The number of rotatable bonds is 9. The summed E-state index contributed by atoms with van der Waals surface area (Å²) in [6, 6.07) is 16.5. The van der Waals surface area contributed by atoms with E-state index in [2.05, 4.69) is 17.6 Å². The fourth-order valence-electron chi connectivity index (χ4n) is 2.21. The second-order valence-electron chi connectivity index (χ2n) is 5.69. The first-order chi connectivity index (χ1) is 12.2. The number of hydrogen-bond donors (Lipinski definition) is 2. The number of nitrogens with one attached hydrogen (secondary N) is 2. The average molecular weight is 340 g/mol. The summed E-state index contributed by atoms with van der Waals surface area (Å²) in [5.74, 6) is 0.159. The number of unbranched alkanes of at least 4 members (excludes halogenated alkanes) is 1. The van der Waals surface area contributed by atoms with Gasteiger partial charge in [-0.05, 0) is 30.2 Å². The van der Waals surface area contributed by atoms with Crippen LogP contribution in [0.15, 0.2) is 54.6 Å². The minimum absolute atomic E-state index is 0.0567. The number of hydrogen-bond acceptors (Lipinski definition) is 3. The van der Waals surface area contributed by atoms with Crippen molar-refractivity contribution in [2.24, 2.45) is 0 Å². The highest BCUT2D eigenvalue weighted by Crippen LogP contribution is 2.13. The Balaban J connectivity index is 1.83. The molecular formula is C20H24N2O3. The molecule has 2 rings (SSSR count). The summed E-state index contributed by atoms with van der Waals surface area (Å²) in [7, 11) is 0. The molecular weight excluding hydrogens is 316 g/mol. The van der Waals surface area contributed by atoms with Gasteiger partial charge < -0.3 is 15.4 Å². The van der Waals surface area contributed by atoms with E-state index in [-0.39, 0.29) is 18.4 Å². The van der Waals surface area contributed by atoms with E-state index < -0.39 is 0 Å². The van der Waals surface area contributed by atoms with Crippen molar-refractivity contribution in [3.8, 4) is 5.75 Å². The SMILES string of the molecule is CCCCNC(=O)COc1cccc(C(=O)NCc2ccccc2)c1. The van der Waals surface area contributed by atoms with Crippen molar-refractivity contribution < 1.29 is 14.3 Å². The topological polar surface area (TPSA) is 67.4 Å². The number of carbonyl (C=O) groups excluding carboxylic acids is 2. The maximum Gasteiger partial charge on any atom is 0.257 e. The molecule has 0 spiro atoms. The normalized spacial score (nSPS) is 10.1. The van der Waals surface area contributed by atoms with E-state index in [1.807, 2.05) is 30.3 Å². The molecule has 0 saturated carbocycles. The van der Waals surface area contributed by atoms with Crippen LogP contribution in [0.25, 0.3) is 0 Å². The van der Waals surface area contributed by atoms with Gasteiger partial charge in [-0.3, -0.25) is 9.59 Å². The van der Waals surface area contributed by atoms with E-state index in [0.717, 1.165) is 18.4 Å². The first-order valence-electron chi connectivity index (χ1n) is 8.50. The smallest absolute Gasteiger partial charge is 0.257 e. The Hall–Kier alpha value is -2.82. The van der Waals surface area contributed by atoms with Crippen LogP contribution in [0.5, 0.6) is 5.75 Å². The molecule has 0 aliphatic rings. The Kier molecular flexibility index (Phi) is 7.50. The third-order valence-corrected chi connectivity index (χ3v) is 3.61. The van der Waals surface area contributed by atoms with Crippen molar-refractivity contribution >= 4 is 11.8 Å². The Labute approximate surface area is 148 Å². The highest BCUT2D eigenvalue weighted by atomic mass is 16.5. The third kappa shape index (κ3) is 6.67. The van der Waals surface area contributed by atoms with Crippen molar-refractivity contribution in [2.45, 2.75) is 26.3 Å². The molecule has 5 nitrogen and oxygen atoms in total. The Morgan fingerprint density at radius 2 is 1.80 bits per heavy atom. The summed E-state index contributed by atoms with van der Waals surface area (Å²) < 4.78 is 5.46. The molecule has 0 aliphatic heterocycles. The lowest BCUT2D eigenvalue weighted by Crippen LogP contribution is -2.29. The van der Waals surface area contributed by atoms with Gasteiger partial charge in [-0.25, -0.2) is 0 Å². The standard InChI is InChI=1S/C20H24N2O3/c1-2-3-12-21-19(23)15-25-18-11-7-10-17(13-18)20(24)22-14-16-8-5-4-6-9-16/h4-11,13H,2-3,12,14-15H2,1H3,(H,21,23)(H,22,24). The Morgan fingerprint density at radius 3 is 2.56 bits per heavy atom. The fraction of sp³-hybridized carbons (Fsp3) is 0.300. The molecule has 0 unspecified atom stereocenters. The first kappa shape index (κ1) is 18.5. The zero-order valence-electron chi connectivity index (χ0n) is 14.5. The molecule has 132 valence electrons. The van der Waals surface area contributed by atoms with E-state index >= 15 is 0 Å². The van der Waals surface area contributed by atoms with Gasteiger partial charge in [-0.2, -0.15) is 0 Å². The summed E-state index contributed by atoms with van der Waals surface area (Å²) in [6.07, 6.45) is 1.98. The molecule has 5 heteroatoms. The van der Waals surface area contributed by atoms with Gasteiger partial charge in [0.05, 0.1) is 0 Å². The van der Waals surface area contributed by atoms with Crippen molar-refractivity contribution in [3.63, 3.8) is 0 Å². The lowest BCUT2D eigenvalue weighted by Gasteiger charge is -2.09. The van der Waals surface area contributed by atoms with Crippen LogP contribution >= 0.6 is 0 Å². The second-order valence-corrected chi connectivity index (χ2v) is 5.69. The monoisotopic (exact) mass is 340 g/mol. The highest BCUT2D eigenvalue weighted by molar-refractivity contribution is 5.94. The Bertz CT molecular complexity index is 686. The molecule has 0 fully saturated rings. The minimum Gasteiger partial charge on any atom is -0.484 e. The van der Waals surface area contributed by atoms with Gasteiger partial charge >= 0.3 is 0 Å². The number of carbonyl (C=O) groups is 2. The maximum atomic E-state index is 12.2. The maximum absolute atomic E-state index is 12.2. The van der Waals surface area contributed by atoms with Gasteiger partial charge in [0.15, 0.2) is 6.61 Å². The van der Waals surface area contributed by atoms with Crippen LogP contribution in [0.3, 0.4) is 0 Å². The van der Waals surface area contributed by atoms with Gasteiger partial charge in [0, 0.05) is 18.7 Å². The fourth-order valence-corrected chi connectivity index (χ4v) is 2.21. The van der Waals surface area contributed by atoms with E-state index in [1.54, 1.807) is 24.3 Å². The quantitative estimate of drug-likeness (QED) is 0.690. The molecule has 0 radical (unpaired) electrons. The lowest BCUT2D eigenvalue weighted by atomic mass is 10.2. The van der Waals surface area contributed by atoms with Crippen LogP contribution in [-0.2, 0) is 11.3 Å². The molecule has 2 N–H and O–H groups in total. The van der Waals surface area contributed by atoms with Crippen LogP contribution in [0.2, 0.25) is 0 Å². The predicted molar refractivity (Wildman–Crippen MR) is 97.5 cm³/mol. The summed E-state index contributed by atoms with van der Waals surface area (Å²) in [5.41, 5.74) is 1.53. The largest absolute Gasteiger partial charge is 0.484 e. The average Bonchev–Trinajstić information content (AvgIpc) is 2.66. The van der Waals surface area contributed by atoms with Crippen LogP contribution in [0, 0.1) is 0 Å². The summed E-state index contributed by atoms with van der Waals surface area (Å²) >= 11 is 0. The highest BCUT2D eigenvalue weighted by Gasteiger charge is 2.08. The number of benzene rings is 2. The van der Waals surface area contributed by atoms with Gasteiger partial charge in [0.25, 0.3) is 11.8 Å². The van der Waals surface area contributed by atoms with E-state index in [9.17, 15) is 9.59 Å².